The van der Waals surface area contributed by atoms with Gasteiger partial charge < -0.3 is 16.0 Å². The van der Waals surface area contributed by atoms with Gasteiger partial charge in [-0.2, -0.15) is 13.2 Å². The SMILES string of the molecule is CN/C=C(\C=N)c1ccc(CNc2cc(-c3cnc4cc(C(F)(F)F)ccn34)ncn2)cc1. The molecule has 3 heterocycles. The van der Waals surface area contributed by atoms with Crippen LogP contribution in [-0.2, 0) is 12.7 Å². The van der Waals surface area contributed by atoms with E-state index in [1.54, 1.807) is 23.7 Å². The van der Waals surface area contributed by atoms with Crippen molar-refractivity contribution in [1.29, 1.82) is 5.41 Å². The maximum atomic E-state index is 13.0. The summed E-state index contributed by atoms with van der Waals surface area (Å²) in [7, 11) is 1.78. The van der Waals surface area contributed by atoms with Gasteiger partial charge in [0, 0.05) is 43.8 Å². The molecule has 0 spiro atoms. The van der Waals surface area contributed by atoms with E-state index in [1.807, 2.05) is 24.3 Å². The van der Waals surface area contributed by atoms with Crippen LogP contribution in [0.15, 0.2) is 67.4 Å². The third-order valence-electron chi connectivity index (χ3n) is 4.99. The Hall–Kier alpha value is -4.21. The fraction of sp³-hybridized carbons (Fsp3) is 0.130. The van der Waals surface area contributed by atoms with Gasteiger partial charge in [0.15, 0.2) is 0 Å². The Kier molecular flexibility index (Phi) is 6.07. The maximum Gasteiger partial charge on any atom is 0.416 e. The summed E-state index contributed by atoms with van der Waals surface area (Å²) in [5.74, 6) is 0.571. The number of hydrogen-bond acceptors (Lipinski definition) is 6. The number of fused-ring (bicyclic) bond motifs is 1. The molecule has 0 aliphatic rings. The molecule has 7 nitrogen and oxygen atoms in total. The van der Waals surface area contributed by atoms with Crippen LogP contribution in [0.1, 0.15) is 16.7 Å². The van der Waals surface area contributed by atoms with Gasteiger partial charge in [-0.3, -0.25) is 4.40 Å². The second-order valence-corrected chi connectivity index (χ2v) is 7.16. The minimum Gasteiger partial charge on any atom is -0.393 e. The summed E-state index contributed by atoms with van der Waals surface area (Å²) in [5, 5.41) is 13.6. The number of benzene rings is 1. The highest BCUT2D eigenvalue weighted by Gasteiger charge is 2.31. The van der Waals surface area contributed by atoms with E-state index in [-0.39, 0.29) is 5.65 Å². The molecular formula is C23H20F3N7. The fourth-order valence-electron chi connectivity index (χ4n) is 3.31. The van der Waals surface area contributed by atoms with E-state index < -0.39 is 11.7 Å². The second-order valence-electron chi connectivity index (χ2n) is 7.16. The van der Waals surface area contributed by atoms with Crippen LogP contribution in [0.4, 0.5) is 19.0 Å². The molecule has 168 valence electrons. The third-order valence-corrected chi connectivity index (χ3v) is 4.99. The Morgan fingerprint density at radius 1 is 1.09 bits per heavy atom. The summed E-state index contributed by atoms with van der Waals surface area (Å²) in [5.41, 5.74) is 3.23. The Morgan fingerprint density at radius 3 is 2.58 bits per heavy atom. The summed E-state index contributed by atoms with van der Waals surface area (Å²) < 4.78 is 40.4. The summed E-state index contributed by atoms with van der Waals surface area (Å²) in [4.78, 5) is 12.6. The van der Waals surface area contributed by atoms with Crippen LogP contribution in [0.5, 0.6) is 0 Å². The molecule has 4 aromatic rings. The smallest absolute Gasteiger partial charge is 0.393 e. The minimum absolute atomic E-state index is 0.185. The zero-order chi connectivity index (χ0) is 23.4. The molecule has 10 heteroatoms. The van der Waals surface area contributed by atoms with E-state index >= 15 is 0 Å². The minimum atomic E-state index is -4.43. The van der Waals surface area contributed by atoms with Gasteiger partial charge in [0.05, 0.1) is 23.1 Å². The van der Waals surface area contributed by atoms with Crippen LogP contribution < -0.4 is 10.6 Å². The molecule has 3 N–H and O–H groups in total. The molecule has 0 saturated carbocycles. The first-order valence-electron chi connectivity index (χ1n) is 9.97. The molecule has 0 saturated heterocycles. The van der Waals surface area contributed by atoms with Crippen LogP contribution >= 0.6 is 0 Å². The summed E-state index contributed by atoms with van der Waals surface area (Å²) in [6.45, 7) is 0.508. The number of allylic oxidation sites excluding steroid dienone is 1. The van der Waals surface area contributed by atoms with E-state index in [0.717, 1.165) is 28.8 Å². The molecule has 0 bridgehead atoms. The van der Waals surface area contributed by atoms with Crippen molar-refractivity contribution in [3.63, 3.8) is 0 Å². The summed E-state index contributed by atoms with van der Waals surface area (Å²) in [6.07, 6.45) is 2.83. The van der Waals surface area contributed by atoms with Gasteiger partial charge in [0.2, 0.25) is 0 Å². The molecular weight excluding hydrogens is 431 g/mol. The number of nitrogens with one attached hydrogen (secondary N) is 3. The highest BCUT2D eigenvalue weighted by atomic mass is 19.4. The topological polar surface area (TPSA) is 91.0 Å². The van der Waals surface area contributed by atoms with E-state index in [9.17, 15) is 13.2 Å². The van der Waals surface area contributed by atoms with Crippen molar-refractivity contribution in [2.24, 2.45) is 0 Å². The highest BCUT2D eigenvalue weighted by Crippen LogP contribution is 2.30. The lowest BCUT2D eigenvalue weighted by Gasteiger charge is -2.09. The normalized spacial score (nSPS) is 12.1. The quantitative estimate of drug-likeness (QED) is 0.357. The predicted octanol–water partition coefficient (Wildman–Crippen LogP) is 4.63. The summed E-state index contributed by atoms with van der Waals surface area (Å²) in [6, 6.07) is 11.5. The number of imidazole rings is 1. The lowest BCUT2D eigenvalue weighted by molar-refractivity contribution is -0.137. The number of hydrogen-bond donors (Lipinski definition) is 3. The fourth-order valence-corrected chi connectivity index (χ4v) is 3.31. The van der Waals surface area contributed by atoms with Gasteiger partial charge in [0.1, 0.15) is 17.8 Å². The molecule has 0 aliphatic heterocycles. The van der Waals surface area contributed by atoms with E-state index in [0.29, 0.717) is 23.8 Å². The summed E-state index contributed by atoms with van der Waals surface area (Å²) >= 11 is 0. The molecule has 4 rings (SSSR count). The van der Waals surface area contributed by atoms with Crippen molar-refractivity contribution in [1.82, 2.24) is 24.7 Å². The largest absolute Gasteiger partial charge is 0.416 e. The molecule has 3 aromatic heterocycles. The predicted molar refractivity (Wildman–Crippen MR) is 121 cm³/mol. The molecule has 0 aliphatic carbocycles. The van der Waals surface area contributed by atoms with Gasteiger partial charge in [0.25, 0.3) is 0 Å². The molecule has 0 radical (unpaired) electrons. The zero-order valence-corrected chi connectivity index (χ0v) is 17.6. The number of pyridine rings is 1. The molecule has 33 heavy (non-hydrogen) atoms. The van der Waals surface area contributed by atoms with Crippen molar-refractivity contribution in [2.45, 2.75) is 12.7 Å². The van der Waals surface area contributed by atoms with E-state index in [1.165, 1.54) is 24.9 Å². The van der Waals surface area contributed by atoms with Crippen molar-refractivity contribution in [3.05, 3.63) is 84.1 Å². The number of nitrogens with zero attached hydrogens (tertiary/aromatic N) is 4. The van der Waals surface area contributed by atoms with Gasteiger partial charge in [-0.15, -0.1) is 0 Å². The van der Waals surface area contributed by atoms with Gasteiger partial charge >= 0.3 is 6.18 Å². The van der Waals surface area contributed by atoms with Crippen LogP contribution in [0.3, 0.4) is 0 Å². The lowest BCUT2D eigenvalue weighted by Crippen LogP contribution is -2.05. The van der Waals surface area contributed by atoms with Crippen molar-refractivity contribution in [2.75, 3.05) is 12.4 Å². The number of aromatic nitrogens is 4. The maximum absolute atomic E-state index is 13.0. The van der Waals surface area contributed by atoms with Gasteiger partial charge in [-0.25, -0.2) is 15.0 Å². The van der Waals surface area contributed by atoms with E-state index in [2.05, 4.69) is 25.6 Å². The second kappa shape index (κ2) is 9.11. The Morgan fingerprint density at radius 2 is 1.88 bits per heavy atom. The Balaban J connectivity index is 1.51. The van der Waals surface area contributed by atoms with Gasteiger partial charge in [-0.1, -0.05) is 24.3 Å². The first-order valence-corrected chi connectivity index (χ1v) is 9.97. The van der Waals surface area contributed by atoms with Crippen LogP contribution in [-0.4, -0.2) is 32.6 Å². The third kappa shape index (κ3) is 4.84. The average Bonchev–Trinajstić information content (AvgIpc) is 3.25. The monoisotopic (exact) mass is 451 g/mol. The molecule has 0 unspecified atom stereocenters. The number of rotatable bonds is 7. The van der Waals surface area contributed by atoms with Crippen molar-refractivity contribution >= 4 is 23.3 Å². The number of alkyl halides is 3. The molecule has 0 fully saturated rings. The lowest BCUT2D eigenvalue weighted by atomic mass is 10.1. The van der Waals surface area contributed by atoms with Gasteiger partial charge in [-0.05, 0) is 23.3 Å². The molecule has 0 amide bonds. The Labute approximate surface area is 187 Å². The first kappa shape index (κ1) is 22.0. The average molecular weight is 451 g/mol. The van der Waals surface area contributed by atoms with Crippen molar-refractivity contribution in [3.8, 4) is 11.4 Å². The Bertz CT molecular complexity index is 1310. The standard InChI is InChI=1S/C23H20F3N7/c1-28-12-17(10-27)16-4-2-15(3-5-16)11-29-21-9-19(31-14-32-21)20-13-30-22-8-18(23(24,25)26)6-7-33(20)22/h2-10,12-14,27-28H,11H2,1H3,(H,29,31,32)/b17-12+,27-10?. The number of anilines is 1. The molecule has 1 aromatic carbocycles. The zero-order valence-electron chi connectivity index (χ0n) is 17.6. The van der Waals surface area contributed by atoms with Crippen LogP contribution in [0.25, 0.3) is 22.6 Å². The molecule has 0 atom stereocenters. The van der Waals surface area contributed by atoms with Crippen molar-refractivity contribution < 1.29 is 13.2 Å². The van der Waals surface area contributed by atoms with E-state index in [4.69, 9.17) is 5.41 Å². The first-order chi connectivity index (χ1) is 15.9. The number of halogens is 3. The van der Waals surface area contributed by atoms with Crippen LogP contribution in [0, 0.1) is 5.41 Å². The van der Waals surface area contributed by atoms with Crippen LogP contribution in [0.2, 0.25) is 0 Å². The highest BCUT2D eigenvalue weighted by molar-refractivity contribution is 6.08.